The van der Waals surface area contributed by atoms with E-state index < -0.39 is 5.63 Å². The SMILES string of the molecule is COc1ccc2c(C)c(CCC(=O)N3CCC[C@@H]3c3ccc4c(c3)OCCO4)c(=O)oc2c1. The maximum Gasteiger partial charge on any atom is 0.339 e. The molecular weight excluding hydrogens is 422 g/mol. The molecule has 1 amide bonds. The second-order valence-electron chi connectivity index (χ2n) is 8.50. The molecule has 2 aliphatic rings. The van der Waals surface area contributed by atoms with Gasteiger partial charge in [-0.05, 0) is 61.6 Å². The van der Waals surface area contributed by atoms with Crippen molar-refractivity contribution in [1.29, 1.82) is 0 Å². The minimum Gasteiger partial charge on any atom is -0.497 e. The molecule has 172 valence electrons. The van der Waals surface area contributed by atoms with Crippen molar-refractivity contribution in [2.45, 2.75) is 38.6 Å². The molecule has 3 heterocycles. The van der Waals surface area contributed by atoms with Gasteiger partial charge in [-0.2, -0.15) is 0 Å². The summed E-state index contributed by atoms with van der Waals surface area (Å²) in [6.07, 6.45) is 2.46. The molecular formula is C26H27NO6. The van der Waals surface area contributed by atoms with Crippen LogP contribution in [0.2, 0.25) is 0 Å². The van der Waals surface area contributed by atoms with E-state index in [1.807, 2.05) is 42.2 Å². The highest BCUT2D eigenvalue weighted by atomic mass is 16.6. The van der Waals surface area contributed by atoms with Crippen molar-refractivity contribution in [2.24, 2.45) is 0 Å². The van der Waals surface area contributed by atoms with E-state index in [9.17, 15) is 9.59 Å². The lowest BCUT2D eigenvalue weighted by atomic mass is 10.0. The van der Waals surface area contributed by atoms with Gasteiger partial charge in [0.1, 0.15) is 24.5 Å². The van der Waals surface area contributed by atoms with Gasteiger partial charge in [-0.3, -0.25) is 4.79 Å². The van der Waals surface area contributed by atoms with Gasteiger partial charge < -0.3 is 23.5 Å². The fourth-order valence-electron chi connectivity index (χ4n) is 4.85. The Morgan fingerprint density at radius 3 is 2.76 bits per heavy atom. The average molecular weight is 450 g/mol. The van der Waals surface area contributed by atoms with Crippen molar-refractivity contribution in [2.75, 3.05) is 26.9 Å². The van der Waals surface area contributed by atoms with Crippen molar-refractivity contribution in [3.63, 3.8) is 0 Å². The van der Waals surface area contributed by atoms with Crippen LogP contribution >= 0.6 is 0 Å². The van der Waals surface area contributed by atoms with Gasteiger partial charge in [-0.25, -0.2) is 4.79 Å². The summed E-state index contributed by atoms with van der Waals surface area (Å²) in [5.41, 5.74) is 2.55. The Labute approximate surface area is 191 Å². The van der Waals surface area contributed by atoms with Crippen LogP contribution in [0, 0.1) is 6.92 Å². The summed E-state index contributed by atoms with van der Waals surface area (Å²) in [7, 11) is 1.57. The van der Waals surface area contributed by atoms with E-state index in [1.54, 1.807) is 13.2 Å². The Hall–Kier alpha value is -3.48. The minimum absolute atomic E-state index is 0.00917. The number of likely N-dealkylation sites (tertiary alicyclic amines) is 1. The van der Waals surface area contributed by atoms with Crippen molar-refractivity contribution < 1.29 is 23.4 Å². The summed E-state index contributed by atoms with van der Waals surface area (Å²) in [6.45, 7) is 3.70. The van der Waals surface area contributed by atoms with Crippen LogP contribution in [0.4, 0.5) is 0 Å². The summed E-state index contributed by atoms with van der Waals surface area (Å²) in [5.74, 6) is 2.16. The first-order valence-corrected chi connectivity index (χ1v) is 11.3. The van der Waals surface area contributed by atoms with Crippen LogP contribution < -0.4 is 19.8 Å². The van der Waals surface area contributed by atoms with E-state index in [0.29, 0.717) is 43.1 Å². The van der Waals surface area contributed by atoms with E-state index >= 15 is 0 Å². The van der Waals surface area contributed by atoms with Gasteiger partial charge in [0.2, 0.25) is 5.91 Å². The molecule has 0 radical (unpaired) electrons. The van der Waals surface area contributed by atoms with Gasteiger partial charge in [-0.15, -0.1) is 0 Å². The zero-order chi connectivity index (χ0) is 22.9. The molecule has 0 bridgehead atoms. The van der Waals surface area contributed by atoms with Crippen LogP contribution in [0.1, 0.15) is 42.0 Å². The lowest BCUT2D eigenvalue weighted by Crippen LogP contribution is -2.31. The summed E-state index contributed by atoms with van der Waals surface area (Å²) < 4.78 is 22.1. The van der Waals surface area contributed by atoms with Crippen molar-refractivity contribution in [3.05, 3.63) is 63.5 Å². The van der Waals surface area contributed by atoms with E-state index in [1.165, 1.54) is 0 Å². The minimum atomic E-state index is -0.397. The topological polar surface area (TPSA) is 78.2 Å². The molecule has 0 N–H and O–H groups in total. The van der Waals surface area contributed by atoms with Gasteiger partial charge >= 0.3 is 5.63 Å². The molecule has 1 aromatic heterocycles. The number of amides is 1. The molecule has 3 aromatic rings. The molecule has 1 saturated heterocycles. The molecule has 0 spiro atoms. The number of ether oxygens (including phenoxy) is 3. The van der Waals surface area contributed by atoms with Crippen LogP contribution in [0.15, 0.2) is 45.6 Å². The largest absolute Gasteiger partial charge is 0.497 e. The van der Waals surface area contributed by atoms with Crippen molar-refractivity contribution >= 4 is 16.9 Å². The number of carbonyl (C=O) groups excluding carboxylic acids is 1. The zero-order valence-electron chi connectivity index (χ0n) is 18.9. The highest BCUT2D eigenvalue weighted by molar-refractivity contribution is 5.83. The first kappa shape index (κ1) is 21.4. The molecule has 2 aromatic carbocycles. The van der Waals surface area contributed by atoms with Gasteiger partial charge in [0, 0.05) is 30.0 Å². The Kier molecular flexibility index (Phi) is 5.70. The van der Waals surface area contributed by atoms with Gasteiger partial charge in [0.25, 0.3) is 0 Å². The predicted molar refractivity (Wildman–Crippen MR) is 123 cm³/mol. The monoisotopic (exact) mass is 449 g/mol. The van der Waals surface area contributed by atoms with E-state index in [2.05, 4.69) is 0 Å². The van der Waals surface area contributed by atoms with Crippen LogP contribution in [0.25, 0.3) is 11.0 Å². The first-order chi connectivity index (χ1) is 16.0. The highest BCUT2D eigenvalue weighted by Gasteiger charge is 2.31. The zero-order valence-corrected chi connectivity index (χ0v) is 18.9. The van der Waals surface area contributed by atoms with Crippen LogP contribution in [0.3, 0.4) is 0 Å². The summed E-state index contributed by atoms with van der Waals surface area (Å²) in [4.78, 5) is 27.8. The summed E-state index contributed by atoms with van der Waals surface area (Å²) in [5, 5.41) is 0.855. The Balaban J connectivity index is 1.33. The van der Waals surface area contributed by atoms with Crippen LogP contribution in [-0.4, -0.2) is 37.7 Å². The number of aryl methyl sites for hydroxylation is 1. The number of benzene rings is 2. The molecule has 0 saturated carbocycles. The molecule has 7 nitrogen and oxygen atoms in total. The third-order valence-electron chi connectivity index (χ3n) is 6.61. The highest BCUT2D eigenvalue weighted by Crippen LogP contribution is 2.38. The normalized spacial score (nSPS) is 17.4. The maximum absolute atomic E-state index is 13.2. The number of fused-ring (bicyclic) bond motifs is 2. The number of hydrogen-bond acceptors (Lipinski definition) is 6. The summed E-state index contributed by atoms with van der Waals surface area (Å²) >= 11 is 0. The van der Waals surface area contributed by atoms with E-state index in [-0.39, 0.29) is 18.4 Å². The lowest BCUT2D eigenvalue weighted by Gasteiger charge is -2.27. The fourth-order valence-corrected chi connectivity index (χ4v) is 4.85. The van der Waals surface area contributed by atoms with E-state index in [4.69, 9.17) is 18.6 Å². The quantitative estimate of drug-likeness (QED) is 0.544. The second-order valence-corrected chi connectivity index (χ2v) is 8.50. The van der Waals surface area contributed by atoms with E-state index in [0.717, 1.165) is 40.9 Å². The number of rotatable bonds is 5. The van der Waals surface area contributed by atoms with Gasteiger partial charge in [0.05, 0.1) is 13.2 Å². The lowest BCUT2D eigenvalue weighted by molar-refractivity contribution is -0.132. The Bertz CT molecular complexity index is 1260. The van der Waals surface area contributed by atoms with Gasteiger partial charge in [0.15, 0.2) is 11.5 Å². The molecule has 33 heavy (non-hydrogen) atoms. The van der Waals surface area contributed by atoms with Crippen LogP contribution in [0.5, 0.6) is 17.2 Å². The second kappa shape index (κ2) is 8.81. The number of hydrogen-bond donors (Lipinski definition) is 0. The fraction of sp³-hybridized carbons (Fsp3) is 0.385. The third kappa shape index (κ3) is 4.03. The average Bonchev–Trinajstić information content (AvgIpc) is 3.33. The third-order valence-corrected chi connectivity index (χ3v) is 6.61. The molecule has 2 aliphatic heterocycles. The number of nitrogens with zero attached hydrogens (tertiary/aromatic N) is 1. The molecule has 1 fully saturated rings. The van der Waals surface area contributed by atoms with Crippen molar-refractivity contribution in [1.82, 2.24) is 4.90 Å². The van der Waals surface area contributed by atoms with Crippen LogP contribution in [-0.2, 0) is 11.2 Å². The molecule has 0 unspecified atom stereocenters. The predicted octanol–water partition coefficient (Wildman–Crippen LogP) is 4.18. The number of methoxy groups -OCH3 is 1. The molecule has 7 heteroatoms. The van der Waals surface area contributed by atoms with Crippen molar-refractivity contribution in [3.8, 4) is 17.2 Å². The first-order valence-electron chi connectivity index (χ1n) is 11.3. The molecule has 0 aliphatic carbocycles. The standard InChI is InChI=1S/C26H27NO6/c1-16-19-7-6-18(30-2)15-23(19)33-26(29)20(16)8-10-25(28)27-11-3-4-21(27)17-5-9-22-24(14-17)32-13-12-31-22/h5-7,9,14-15,21H,3-4,8,10-13H2,1-2H3/t21-/m1/s1. The molecule has 5 rings (SSSR count). The smallest absolute Gasteiger partial charge is 0.339 e. The number of carbonyl (C=O) groups is 1. The maximum atomic E-state index is 13.2. The Morgan fingerprint density at radius 1 is 1.12 bits per heavy atom. The summed E-state index contributed by atoms with van der Waals surface area (Å²) in [6, 6.07) is 11.4. The molecule has 1 atom stereocenters. The van der Waals surface area contributed by atoms with Gasteiger partial charge in [-0.1, -0.05) is 6.07 Å². The Morgan fingerprint density at radius 2 is 1.94 bits per heavy atom.